The third-order valence-corrected chi connectivity index (χ3v) is 2.92. The van der Waals surface area contributed by atoms with Gasteiger partial charge in [-0.3, -0.25) is 0 Å². The summed E-state index contributed by atoms with van der Waals surface area (Å²) < 4.78 is 1.93. The Labute approximate surface area is 128 Å². The fourth-order valence-corrected chi connectivity index (χ4v) is 2.00. The Morgan fingerprint density at radius 1 is 1.24 bits per heavy atom. The summed E-state index contributed by atoms with van der Waals surface area (Å²) in [5, 5.41) is 4.53. The fourth-order valence-electron chi connectivity index (χ4n) is 2.00. The van der Waals surface area contributed by atoms with Gasteiger partial charge in [-0.25, -0.2) is 9.67 Å². The van der Waals surface area contributed by atoms with Gasteiger partial charge in [0.05, 0.1) is 11.4 Å². The van der Waals surface area contributed by atoms with Crippen LogP contribution in [-0.2, 0) is 0 Å². The van der Waals surface area contributed by atoms with E-state index >= 15 is 0 Å². The van der Waals surface area contributed by atoms with Crippen molar-refractivity contribution in [1.82, 2.24) is 14.8 Å². The molecule has 0 amide bonds. The summed E-state index contributed by atoms with van der Waals surface area (Å²) in [5.74, 6) is 1.21. The summed E-state index contributed by atoms with van der Waals surface area (Å²) in [6.45, 7) is 13.5. The second-order valence-corrected chi connectivity index (χ2v) is 5.04. The van der Waals surface area contributed by atoms with Crippen LogP contribution in [0.5, 0.6) is 0 Å². The molecule has 0 spiro atoms. The van der Waals surface area contributed by atoms with E-state index in [2.05, 4.69) is 47.9 Å². The molecule has 112 valence electrons. The molecule has 2 heterocycles. The molecule has 0 fully saturated rings. The quantitative estimate of drug-likeness (QED) is 0.761. The normalized spacial score (nSPS) is 11.9. The Bertz CT molecular complexity index is 591. The van der Waals surface area contributed by atoms with Crippen LogP contribution < -0.4 is 0 Å². The highest BCUT2D eigenvalue weighted by molar-refractivity contribution is 5.30. The van der Waals surface area contributed by atoms with E-state index in [0.29, 0.717) is 5.92 Å². The third-order valence-electron chi connectivity index (χ3n) is 2.92. The van der Waals surface area contributed by atoms with Crippen molar-refractivity contribution in [2.75, 3.05) is 0 Å². The molecule has 0 saturated carbocycles. The molecular weight excluding hydrogens is 258 g/mol. The number of nitrogens with zero attached hydrogens (tertiary/aromatic N) is 3. The molecule has 0 aromatic carbocycles. The van der Waals surface area contributed by atoms with E-state index in [1.807, 2.05) is 44.6 Å². The van der Waals surface area contributed by atoms with E-state index in [1.54, 1.807) is 6.08 Å². The Morgan fingerprint density at radius 3 is 2.43 bits per heavy atom. The van der Waals surface area contributed by atoms with Crippen molar-refractivity contribution in [1.29, 1.82) is 0 Å². The minimum atomic E-state index is 0.333. The first-order valence-electron chi connectivity index (χ1n) is 7.22. The van der Waals surface area contributed by atoms with Gasteiger partial charge in [0, 0.05) is 12.1 Å². The predicted molar refractivity (Wildman–Crippen MR) is 89.9 cm³/mol. The van der Waals surface area contributed by atoms with E-state index in [9.17, 15) is 0 Å². The lowest BCUT2D eigenvalue weighted by atomic mass is 10.1. The average molecular weight is 283 g/mol. The lowest BCUT2D eigenvalue weighted by Crippen LogP contribution is -2.06. The summed E-state index contributed by atoms with van der Waals surface area (Å²) in [6.07, 6.45) is 7.86. The summed E-state index contributed by atoms with van der Waals surface area (Å²) in [6, 6.07) is 6.18. The molecular formula is C18H25N3. The molecule has 0 aliphatic rings. The van der Waals surface area contributed by atoms with E-state index in [1.165, 1.54) is 5.69 Å². The van der Waals surface area contributed by atoms with Crippen molar-refractivity contribution >= 4 is 0 Å². The number of aryl methyl sites for hydroxylation is 2. The van der Waals surface area contributed by atoms with Crippen molar-refractivity contribution in [2.24, 2.45) is 0 Å². The van der Waals surface area contributed by atoms with Crippen molar-refractivity contribution in [3.05, 3.63) is 66.2 Å². The molecule has 1 atom stereocenters. The van der Waals surface area contributed by atoms with Crippen molar-refractivity contribution in [3.63, 3.8) is 0 Å². The molecule has 0 saturated heterocycles. The maximum Gasteiger partial charge on any atom is 0.153 e. The van der Waals surface area contributed by atoms with Gasteiger partial charge in [-0.2, -0.15) is 5.10 Å². The van der Waals surface area contributed by atoms with Crippen LogP contribution in [0.15, 0.2) is 49.2 Å². The van der Waals surface area contributed by atoms with Crippen LogP contribution in [0.2, 0.25) is 0 Å². The average Bonchev–Trinajstić information content (AvgIpc) is 2.83. The standard InChI is InChI=1S/C15H19N3.C3H6/c1-5-6-12(3)14-9-13(4)17-18(14)15-8-7-11(2)10-16-15;1-3-2/h5-10,12H,1-4H3;3H,1H2,2H3/b6-5-;. The molecule has 0 radical (unpaired) electrons. The largest absolute Gasteiger partial charge is 0.237 e. The molecule has 0 aliphatic heterocycles. The Hall–Kier alpha value is -2.16. The van der Waals surface area contributed by atoms with Gasteiger partial charge < -0.3 is 0 Å². The predicted octanol–water partition coefficient (Wildman–Crippen LogP) is 4.76. The monoisotopic (exact) mass is 283 g/mol. The van der Waals surface area contributed by atoms with E-state index in [4.69, 9.17) is 0 Å². The van der Waals surface area contributed by atoms with Gasteiger partial charge in [0.2, 0.25) is 0 Å². The lowest BCUT2D eigenvalue weighted by Gasteiger charge is -2.10. The first kappa shape index (κ1) is 16.9. The van der Waals surface area contributed by atoms with Crippen molar-refractivity contribution in [3.8, 4) is 5.82 Å². The summed E-state index contributed by atoms with van der Waals surface area (Å²) >= 11 is 0. The molecule has 2 rings (SSSR count). The van der Waals surface area contributed by atoms with Gasteiger partial charge in [-0.05, 0) is 45.4 Å². The highest BCUT2D eigenvalue weighted by Gasteiger charge is 2.12. The van der Waals surface area contributed by atoms with E-state index in [0.717, 1.165) is 17.1 Å². The highest BCUT2D eigenvalue weighted by Crippen LogP contribution is 2.20. The zero-order valence-electron chi connectivity index (χ0n) is 13.7. The van der Waals surface area contributed by atoms with Gasteiger partial charge >= 0.3 is 0 Å². The van der Waals surface area contributed by atoms with Gasteiger partial charge in [0.1, 0.15) is 0 Å². The number of allylic oxidation sites excluding steroid dienone is 3. The third kappa shape index (κ3) is 4.71. The maximum atomic E-state index is 4.53. The second kappa shape index (κ2) is 8.20. The zero-order chi connectivity index (χ0) is 15.8. The molecule has 1 unspecified atom stereocenters. The van der Waals surface area contributed by atoms with Crippen LogP contribution >= 0.6 is 0 Å². The van der Waals surface area contributed by atoms with Crippen LogP contribution in [0.4, 0.5) is 0 Å². The molecule has 21 heavy (non-hydrogen) atoms. The Kier molecular flexibility index (Phi) is 6.60. The minimum absolute atomic E-state index is 0.333. The zero-order valence-corrected chi connectivity index (χ0v) is 13.7. The number of hydrogen-bond acceptors (Lipinski definition) is 2. The van der Waals surface area contributed by atoms with Crippen LogP contribution in [0.3, 0.4) is 0 Å². The number of pyridine rings is 1. The highest BCUT2D eigenvalue weighted by atomic mass is 15.3. The molecule has 2 aromatic heterocycles. The minimum Gasteiger partial charge on any atom is -0.237 e. The first-order chi connectivity index (χ1) is 10.0. The fraction of sp³-hybridized carbons (Fsp3) is 0.333. The van der Waals surface area contributed by atoms with Gasteiger partial charge in [-0.15, -0.1) is 6.58 Å². The molecule has 0 bridgehead atoms. The number of hydrogen-bond donors (Lipinski definition) is 0. The van der Waals surface area contributed by atoms with E-state index < -0.39 is 0 Å². The van der Waals surface area contributed by atoms with Crippen molar-refractivity contribution in [2.45, 2.75) is 40.5 Å². The Balaban J connectivity index is 0.000000677. The lowest BCUT2D eigenvalue weighted by molar-refractivity contribution is 0.748. The molecule has 0 N–H and O–H groups in total. The summed E-state index contributed by atoms with van der Waals surface area (Å²) in [4.78, 5) is 4.44. The van der Waals surface area contributed by atoms with Crippen LogP contribution in [0, 0.1) is 13.8 Å². The molecule has 3 nitrogen and oxygen atoms in total. The SMILES string of the molecule is C/C=C\C(C)c1cc(C)nn1-c1ccc(C)cn1.C=CC. The van der Waals surface area contributed by atoms with Gasteiger partial charge in [-0.1, -0.05) is 31.2 Å². The van der Waals surface area contributed by atoms with Crippen molar-refractivity contribution < 1.29 is 0 Å². The van der Waals surface area contributed by atoms with Gasteiger partial charge in [0.15, 0.2) is 5.82 Å². The van der Waals surface area contributed by atoms with E-state index in [-0.39, 0.29) is 0 Å². The number of aromatic nitrogens is 3. The number of rotatable bonds is 3. The summed E-state index contributed by atoms with van der Waals surface area (Å²) in [5.41, 5.74) is 3.34. The van der Waals surface area contributed by atoms with Crippen LogP contribution in [-0.4, -0.2) is 14.8 Å². The summed E-state index contributed by atoms with van der Waals surface area (Å²) in [7, 11) is 0. The van der Waals surface area contributed by atoms with Crippen LogP contribution in [0.1, 0.15) is 43.6 Å². The molecule has 3 heteroatoms. The topological polar surface area (TPSA) is 30.7 Å². The van der Waals surface area contributed by atoms with Crippen LogP contribution in [0.25, 0.3) is 5.82 Å². The smallest absolute Gasteiger partial charge is 0.153 e. The molecule has 0 aliphatic carbocycles. The first-order valence-corrected chi connectivity index (χ1v) is 7.22. The van der Waals surface area contributed by atoms with Gasteiger partial charge in [0.25, 0.3) is 0 Å². The molecule has 2 aromatic rings. The maximum absolute atomic E-state index is 4.53. The Morgan fingerprint density at radius 2 is 1.90 bits per heavy atom. The second-order valence-electron chi connectivity index (χ2n) is 5.04.